The van der Waals surface area contributed by atoms with Crippen molar-refractivity contribution in [2.75, 3.05) is 6.54 Å². The number of rotatable bonds is 4. The summed E-state index contributed by atoms with van der Waals surface area (Å²) in [6, 6.07) is -0.577. The van der Waals surface area contributed by atoms with Crippen LogP contribution in [0.4, 0.5) is 0 Å². The number of aryl methyl sites for hydroxylation is 2. The average Bonchev–Trinajstić information content (AvgIpc) is 2.56. The Morgan fingerprint density at radius 3 is 2.37 bits per heavy atom. The van der Waals surface area contributed by atoms with E-state index in [2.05, 4.69) is 10.4 Å². The van der Waals surface area contributed by atoms with Crippen LogP contribution in [0.2, 0.25) is 0 Å². The molecule has 1 heterocycles. The maximum Gasteiger partial charge on any atom is 0.269 e. The molecule has 2 N–H and O–H groups in total. The van der Waals surface area contributed by atoms with Crippen LogP contribution >= 0.6 is 0 Å². The zero-order valence-electron chi connectivity index (χ0n) is 11.8. The normalized spacial score (nSPS) is 30.7. The summed E-state index contributed by atoms with van der Waals surface area (Å²) < 4.78 is 1.32. The maximum absolute atomic E-state index is 12.2. The summed E-state index contributed by atoms with van der Waals surface area (Å²) in [5.41, 5.74) is 0.734. The van der Waals surface area contributed by atoms with Gasteiger partial charge in [-0.3, -0.25) is 14.6 Å². The molecule has 2 atom stereocenters. The van der Waals surface area contributed by atoms with E-state index in [-0.39, 0.29) is 5.56 Å². The minimum atomic E-state index is -1.04. The number of aromatic nitrogens is 2. The molecular formula is C13H21N3O3-2. The molecule has 0 aliphatic heterocycles. The molecule has 2 rings (SSSR count). The molecule has 0 amide bonds. The van der Waals surface area contributed by atoms with Gasteiger partial charge >= 0.3 is 0 Å². The van der Waals surface area contributed by atoms with Crippen molar-refractivity contribution in [3.63, 3.8) is 0 Å². The van der Waals surface area contributed by atoms with Gasteiger partial charge in [-0.1, -0.05) is 13.8 Å². The van der Waals surface area contributed by atoms with E-state index < -0.39 is 24.2 Å². The standard InChI is InChI=1S/C13H21N3O3/c1-6(2)5-14-10-11(17)9(12(10)18)8-7(3)15-16(4)13(8)19/h6,9-12,14-15H,5H2,1-4H3/q-2. The Labute approximate surface area is 112 Å². The van der Waals surface area contributed by atoms with Crippen molar-refractivity contribution in [3.8, 4) is 0 Å². The van der Waals surface area contributed by atoms with Crippen molar-refractivity contribution in [1.82, 2.24) is 15.1 Å². The molecule has 6 nitrogen and oxygen atoms in total. The Hall–Kier alpha value is -1.11. The largest absolute Gasteiger partial charge is 0.850 e. The number of H-pyrrole nitrogens is 1. The molecule has 1 aliphatic rings. The van der Waals surface area contributed by atoms with E-state index in [4.69, 9.17) is 0 Å². The van der Waals surface area contributed by atoms with Gasteiger partial charge in [0.1, 0.15) is 0 Å². The molecule has 1 fully saturated rings. The van der Waals surface area contributed by atoms with Crippen molar-refractivity contribution in [1.29, 1.82) is 0 Å². The molecule has 0 bridgehead atoms. The van der Waals surface area contributed by atoms with Crippen LogP contribution in [0.1, 0.15) is 31.0 Å². The summed E-state index contributed by atoms with van der Waals surface area (Å²) in [6.45, 7) is 6.42. The van der Waals surface area contributed by atoms with Gasteiger partial charge in [-0.25, -0.2) is 0 Å². The van der Waals surface area contributed by atoms with Gasteiger partial charge in [-0.05, 0) is 31.3 Å². The first-order valence-electron chi connectivity index (χ1n) is 6.65. The van der Waals surface area contributed by atoms with Gasteiger partial charge in [-0.2, -0.15) is 0 Å². The number of nitrogens with zero attached hydrogens (tertiary/aromatic N) is 1. The van der Waals surface area contributed by atoms with Gasteiger partial charge in [0, 0.05) is 18.3 Å². The number of hydrogen-bond donors (Lipinski definition) is 2. The number of hydrogen-bond acceptors (Lipinski definition) is 4. The highest BCUT2D eigenvalue weighted by atomic mass is 16.3. The summed E-state index contributed by atoms with van der Waals surface area (Å²) in [6.07, 6.45) is -2.08. The van der Waals surface area contributed by atoms with Crippen LogP contribution in [0.3, 0.4) is 0 Å². The third kappa shape index (κ3) is 2.35. The molecule has 0 spiro atoms. The van der Waals surface area contributed by atoms with E-state index in [1.165, 1.54) is 4.68 Å². The maximum atomic E-state index is 12.2. The highest BCUT2D eigenvalue weighted by Crippen LogP contribution is 2.34. The SMILES string of the molecule is Cc1[nH]n(C)c(=O)c1C1C([O-])C(NCC(C)C)C1[O-]. The molecule has 6 heteroatoms. The zero-order valence-corrected chi connectivity index (χ0v) is 11.8. The lowest BCUT2D eigenvalue weighted by Crippen LogP contribution is -2.74. The van der Waals surface area contributed by atoms with Crippen LogP contribution in [0.25, 0.3) is 0 Å². The zero-order chi connectivity index (χ0) is 14.3. The van der Waals surface area contributed by atoms with Crippen molar-refractivity contribution in [2.45, 2.75) is 44.9 Å². The van der Waals surface area contributed by atoms with Gasteiger partial charge in [-0.15, -0.1) is 12.2 Å². The molecule has 1 aromatic rings. The third-order valence-electron chi connectivity index (χ3n) is 3.79. The van der Waals surface area contributed by atoms with Crippen molar-refractivity contribution in [2.24, 2.45) is 13.0 Å². The van der Waals surface area contributed by atoms with Crippen LogP contribution in [-0.2, 0) is 7.05 Å². The van der Waals surface area contributed by atoms with Crippen LogP contribution in [0, 0.1) is 12.8 Å². The predicted molar refractivity (Wildman–Crippen MR) is 67.7 cm³/mol. The minimum Gasteiger partial charge on any atom is -0.850 e. The summed E-state index contributed by atoms with van der Waals surface area (Å²) in [7, 11) is 1.59. The van der Waals surface area contributed by atoms with Gasteiger partial charge in [0.25, 0.3) is 5.56 Å². The van der Waals surface area contributed by atoms with E-state index in [1.54, 1.807) is 14.0 Å². The molecule has 0 saturated heterocycles. The lowest BCUT2D eigenvalue weighted by Gasteiger charge is -2.61. The molecule has 19 heavy (non-hydrogen) atoms. The predicted octanol–water partition coefficient (Wildman–Crippen LogP) is -1.81. The Balaban J connectivity index is 2.14. The molecule has 1 aromatic heterocycles. The topological polar surface area (TPSA) is 95.9 Å². The van der Waals surface area contributed by atoms with Gasteiger partial charge in [0.2, 0.25) is 0 Å². The van der Waals surface area contributed by atoms with Crippen molar-refractivity contribution in [3.05, 3.63) is 21.6 Å². The van der Waals surface area contributed by atoms with Crippen LogP contribution in [-0.4, -0.2) is 34.6 Å². The van der Waals surface area contributed by atoms with Crippen LogP contribution in [0.15, 0.2) is 4.79 Å². The Morgan fingerprint density at radius 2 is 1.95 bits per heavy atom. The highest BCUT2D eigenvalue weighted by Gasteiger charge is 2.40. The van der Waals surface area contributed by atoms with E-state index in [1.807, 2.05) is 13.8 Å². The van der Waals surface area contributed by atoms with Gasteiger partial charge in [0.05, 0.1) is 0 Å². The van der Waals surface area contributed by atoms with Crippen molar-refractivity contribution < 1.29 is 10.2 Å². The third-order valence-corrected chi connectivity index (χ3v) is 3.79. The number of aromatic amines is 1. The molecule has 2 unspecified atom stereocenters. The summed E-state index contributed by atoms with van der Waals surface area (Å²) in [5, 5.41) is 30.2. The van der Waals surface area contributed by atoms with E-state index >= 15 is 0 Å². The first-order chi connectivity index (χ1) is 8.84. The van der Waals surface area contributed by atoms with E-state index in [9.17, 15) is 15.0 Å². The van der Waals surface area contributed by atoms with E-state index in [0.717, 1.165) is 0 Å². The lowest BCUT2D eigenvalue weighted by atomic mass is 9.70. The monoisotopic (exact) mass is 267 g/mol. The summed E-state index contributed by atoms with van der Waals surface area (Å²) in [4.78, 5) is 11.9. The lowest BCUT2D eigenvalue weighted by molar-refractivity contribution is -0.536. The highest BCUT2D eigenvalue weighted by molar-refractivity contribution is 5.29. The fourth-order valence-corrected chi connectivity index (χ4v) is 2.70. The van der Waals surface area contributed by atoms with Gasteiger partial charge < -0.3 is 15.5 Å². The first-order valence-corrected chi connectivity index (χ1v) is 6.65. The molecule has 1 saturated carbocycles. The Morgan fingerprint density at radius 1 is 1.37 bits per heavy atom. The summed E-state index contributed by atoms with van der Waals surface area (Å²) >= 11 is 0. The molecule has 0 radical (unpaired) electrons. The summed E-state index contributed by atoms with van der Waals surface area (Å²) in [5.74, 6) is -0.338. The van der Waals surface area contributed by atoms with Crippen molar-refractivity contribution >= 4 is 0 Å². The minimum absolute atomic E-state index is 0.258. The first kappa shape index (κ1) is 14.3. The second-order valence-electron chi connectivity index (χ2n) is 5.80. The molecular weight excluding hydrogens is 246 g/mol. The quantitative estimate of drug-likeness (QED) is 0.672. The molecule has 108 valence electrons. The average molecular weight is 267 g/mol. The van der Waals surface area contributed by atoms with Crippen LogP contribution in [0.5, 0.6) is 0 Å². The van der Waals surface area contributed by atoms with E-state index in [0.29, 0.717) is 23.7 Å². The number of nitrogens with one attached hydrogen (secondary N) is 2. The van der Waals surface area contributed by atoms with Crippen LogP contribution < -0.4 is 21.1 Å². The second-order valence-corrected chi connectivity index (χ2v) is 5.80. The Kier molecular flexibility index (Phi) is 3.85. The molecule has 0 aromatic carbocycles. The second kappa shape index (κ2) is 5.11. The fraction of sp³-hybridized carbons (Fsp3) is 0.769. The molecule has 1 aliphatic carbocycles. The Bertz CT molecular complexity index is 496. The fourth-order valence-electron chi connectivity index (χ4n) is 2.70. The van der Waals surface area contributed by atoms with Gasteiger partial charge in [0.15, 0.2) is 0 Å². The smallest absolute Gasteiger partial charge is 0.269 e.